The number of aryl methyl sites for hydroxylation is 1. The molecule has 0 aliphatic carbocycles. The Morgan fingerprint density at radius 3 is 2.47 bits per heavy atom. The molecule has 0 radical (unpaired) electrons. The fourth-order valence-corrected chi connectivity index (χ4v) is 1.43. The largest absolute Gasteiger partial charge is 0.350 e. The zero-order valence-electron chi connectivity index (χ0n) is 10.9. The van der Waals surface area contributed by atoms with Gasteiger partial charge in [0, 0.05) is 12.1 Å². The van der Waals surface area contributed by atoms with Gasteiger partial charge in [-0.25, -0.2) is 0 Å². The highest BCUT2D eigenvalue weighted by atomic mass is 16.1. The van der Waals surface area contributed by atoms with Crippen LogP contribution in [0, 0.1) is 0 Å². The van der Waals surface area contributed by atoms with Crippen molar-refractivity contribution in [1.29, 1.82) is 0 Å². The minimum atomic E-state index is -0.0288. The van der Waals surface area contributed by atoms with E-state index in [0.717, 1.165) is 18.4 Å². The van der Waals surface area contributed by atoms with E-state index in [9.17, 15) is 4.79 Å². The summed E-state index contributed by atoms with van der Waals surface area (Å²) in [5, 5.41) is 2.90. The predicted molar refractivity (Wildman–Crippen MR) is 72.7 cm³/mol. The number of rotatable bonds is 5. The van der Waals surface area contributed by atoms with Crippen molar-refractivity contribution in [1.82, 2.24) is 5.32 Å². The predicted octanol–water partition coefficient (Wildman–Crippen LogP) is 3.18. The summed E-state index contributed by atoms with van der Waals surface area (Å²) in [6.45, 7) is 6.18. The third-order valence-corrected chi connectivity index (χ3v) is 2.82. The van der Waals surface area contributed by atoms with E-state index in [2.05, 4.69) is 31.3 Å². The van der Waals surface area contributed by atoms with Crippen LogP contribution >= 0.6 is 0 Å². The van der Waals surface area contributed by atoms with Crippen LogP contribution in [-0.2, 0) is 11.2 Å². The molecule has 1 unspecified atom stereocenters. The van der Waals surface area contributed by atoms with Crippen molar-refractivity contribution >= 4 is 12.0 Å². The molecule has 1 atom stereocenters. The molecule has 0 spiro atoms. The van der Waals surface area contributed by atoms with Gasteiger partial charge in [-0.3, -0.25) is 4.79 Å². The highest BCUT2D eigenvalue weighted by molar-refractivity contribution is 5.91. The molecule has 1 amide bonds. The zero-order chi connectivity index (χ0) is 12.7. The maximum absolute atomic E-state index is 11.5. The van der Waals surface area contributed by atoms with Crippen LogP contribution < -0.4 is 5.32 Å². The lowest BCUT2D eigenvalue weighted by Crippen LogP contribution is -2.30. The maximum Gasteiger partial charge on any atom is 0.244 e. The number of carbonyl (C=O) groups is 1. The van der Waals surface area contributed by atoms with Gasteiger partial charge in [-0.15, -0.1) is 0 Å². The van der Waals surface area contributed by atoms with Gasteiger partial charge in [0.2, 0.25) is 5.91 Å². The number of benzene rings is 1. The number of nitrogens with one attached hydrogen (secondary N) is 1. The number of amides is 1. The number of carbonyl (C=O) groups excluding carboxylic acids is 1. The molecule has 17 heavy (non-hydrogen) atoms. The van der Waals surface area contributed by atoms with E-state index in [4.69, 9.17) is 0 Å². The molecule has 92 valence electrons. The molecule has 0 saturated heterocycles. The molecular weight excluding hydrogens is 210 g/mol. The quantitative estimate of drug-likeness (QED) is 0.775. The van der Waals surface area contributed by atoms with Crippen molar-refractivity contribution in [3.05, 3.63) is 41.5 Å². The minimum Gasteiger partial charge on any atom is -0.350 e. The normalized spacial score (nSPS) is 12.6. The van der Waals surface area contributed by atoms with E-state index in [1.54, 1.807) is 6.08 Å². The first-order valence-electron chi connectivity index (χ1n) is 6.23. The van der Waals surface area contributed by atoms with E-state index in [1.165, 1.54) is 5.56 Å². The Hall–Kier alpha value is -1.57. The summed E-state index contributed by atoms with van der Waals surface area (Å²) in [6, 6.07) is 8.48. The van der Waals surface area contributed by atoms with Gasteiger partial charge in [-0.1, -0.05) is 38.1 Å². The summed E-state index contributed by atoms with van der Waals surface area (Å²) in [7, 11) is 0. The summed E-state index contributed by atoms with van der Waals surface area (Å²) in [5.41, 5.74) is 2.37. The molecule has 0 aliphatic heterocycles. The maximum atomic E-state index is 11.5. The van der Waals surface area contributed by atoms with E-state index in [1.807, 2.05) is 25.1 Å². The zero-order valence-corrected chi connectivity index (χ0v) is 10.9. The third-order valence-electron chi connectivity index (χ3n) is 2.82. The molecule has 0 fully saturated rings. The van der Waals surface area contributed by atoms with Crippen LogP contribution in [0.25, 0.3) is 6.08 Å². The second-order valence-corrected chi connectivity index (χ2v) is 4.25. The van der Waals surface area contributed by atoms with Crippen LogP contribution in [0.5, 0.6) is 0 Å². The first kappa shape index (κ1) is 13.5. The average Bonchev–Trinajstić information content (AvgIpc) is 2.36. The van der Waals surface area contributed by atoms with E-state index in [-0.39, 0.29) is 11.9 Å². The molecule has 1 aromatic rings. The molecule has 0 aliphatic rings. The van der Waals surface area contributed by atoms with Gasteiger partial charge in [0.15, 0.2) is 0 Å². The Labute approximate surface area is 104 Å². The number of hydrogen-bond donors (Lipinski definition) is 1. The topological polar surface area (TPSA) is 29.1 Å². The van der Waals surface area contributed by atoms with Gasteiger partial charge in [0.05, 0.1) is 0 Å². The highest BCUT2D eigenvalue weighted by Gasteiger charge is 2.00. The average molecular weight is 231 g/mol. The molecular formula is C15H21NO. The van der Waals surface area contributed by atoms with E-state index in [0.29, 0.717) is 0 Å². The minimum absolute atomic E-state index is 0.0288. The first-order valence-corrected chi connectivity index (χ1v) is 6.23. The van der Waals surface area contributed by atoms with Gasteiger partial charge in [0.25, 0.3) is 0 Å². The summed E-state index contributed by atoms with van der Waals surface area (Å²) < 4.78 is 0. The van der Waals surface area contributed by atoms with Crippen molar-refractivity contribution in [3.63, 3.8) is 0 Å². The van der Waals surface area contributed by atoms with Crippen molar-refractivity contribution in [2.75, 3.05) is 0 Å². The molecule has 2 nitrogen and oxygen atoms in total. The van der Waals surface area contributed by atoms with Crippen molar-refractivity contribution in [2.24, 2.45) is 0 Å². The third kappa shape index (κ3) is 4.85. The van der Waals surface area contributed by atoms with Crippen molar-refractivity contribution < 1.29 is 4.79 Å². The molecule has 0 aromatic heterocycles. The van der Waals surface area contributed by atoms with Crippen molar-refractivity contribution in [2.45, 2.75) is 39.7 Å². The second kappa shape index (κ2) is 6.89. The fourth-order valence-electron chi connectivity index (χ4n) is 1.43. The molecule has 1 rings (SSSR count). The lowest BCUT2D eigenvalue weighted by molar-refractivity contribution is -0.117. The van der Waals surface area contributed by atoms with Crippen LogP contribution in [0.3, 0.4) is 0 Å². The standard InChI is InChI=1S/C15H21NO/c1-4-12(3)16-15(17)11-10-14-8-6-13(5-2)7-9-14/h6-12H,4-5H2,1-3H3,(H,16,17). The van der Waals surface area contributed by atoms with Crippen LogP contribution in [0.4, 0.5) is 0 Å². The van der Waals surface area contributed by atoms with E-state index >= 15 is 0 Å². The lowest BCUT2D eigenvalue weighted by Gasteiger charge is -2.08. The molecule has 0 heterocycles. The molecule has 0 saturated carbocycles. The Morgan fingerprint density at radius 2 is 1.94 bits per heavy atom. The Bertz CT molecular complexity index is 378. The molecule has 2 heteroatoms. The van der Waals surface area contributed by atoms with Crippen molar-refractivity contribution in [3.8, 4) is 0 Å². The van der Waals surface area contributed by atoms with Gasteiger partial charge in [0.1, 0.15) is 0 Å². The molecule has 1 N–H and O–H groups in total. The van der Waals surface area contributed by atoms with Gasteiger partial charge in [-0.2, -0.15) is 0 Å². The smallest absolute Gasteiger partial charge is 0.244 e. The number of hydrogen-bond acceptors (Lipinski definition) is 1. The van der Waals surface area contributed by atoms with Crippen LogP contribution in [0.2, 0.25) is 0 Å². The van der Waals surface area contributed by atoms with Crippen LogP contribution in [0.15, 0.2) is 30.3 Å². The molecule has 1 aromatic carbocycles. The SMILES string of the molecule is CCc1ccc(C=CC(=O)NC(C)CC)cc1. The summed E-state index contributed by atoms with van der Waals surface area (Å²) >= 11 is 0. The van der Waals surface area contributed by atoms with Gasteiger partial charge in [-0.05, 0) is 37.0 Å². The molecule has 0 bridgehead atoms. The Morgan fingerprint density at radius 1 is 1.29 bits per heavy atom. The summed E-state index contributed by atoms with van der Waals surface area (Å²) in [5.74, 6) is -0.0288. The highest BCUT2D eigenvalue weighted by Crippen LogP contribution is 2.06. The van der Waals surface area contributed by atoms with Gasteiger partial charge < -0.3 is 5.32 Å². The van der Waals surface area contributed by atoms with Gasteiger partial charge >= 0.3 is 0 Å². The second-order valence-electron chi connectivity index (χ2n) is 4.25. The summed E-state index contributed by atoms with van der Waals surface area (Å²) in [6.07, 6.45) is 5.42. The van der Waals surface area contributed by atoms with Crippen LogP contribution in [-0.4, -0.2) is 11.9 Å². The van der Waals surface area contributed by atoms with Crippen LogP contribution in [0.1, 0.15) is 38.3 Å². The first-order chi connectivity index (χ1) is 8.15. The summed E-state index contributed by atoms with van der Waals surface area (Å²) in [4.78, 5) is 11.5. The monoisotopic (exact) mass is 231 g/mol. The fraction of sp³-hybridized carbons (Fsp3) is 0.400. The van der Waals surface area contributed by atoms with E-state index < -0.39 is 0 Å². The Kier molecular flexibility index (Phi) is 5.47. The Balaban J connectivity index is 2.54. The lowest BCUT2D eigenvalue weighted by atomic mass is 10.1.